The van der Waals surface area contributed by atoms with Crippen molar-refractivity contribution in [3.63, 3.8) is 0 Å². The van der Waals surface area contributed by atoms with E-state index in [1.54, 1.807) is 6.20 Å². The summed E-state index contributed by atoms with van der Waals surface area (Å²) >= 11 is 0. The maximum absolute atomic E-state index is 12.2. The van der Waals surface area contributed by atoms with Crippen LogP contribution in [0.3, 0.4) is 0 Å². The van der Waals surface area contributed by atoms with Crippen LogP contribution >= 0.6 is 0 Å². The van der Waals surface area contributed by atoms with E-state index < -0.39 is 23.8 Å². The van der Waals surface area contributed by atoms with Crippen molar-refractivity contribution in [1.82, 2.24) is 15.6 Å². The molecule has 1 aromatic carbocycles. The van der Waals surface area contributed by atoms with E-state index in [-0.39, 0.29) is 0 Å². The molecule has 0 saturated carbocycles. The lowest BCUT2D eigenvalue weighted by molar-refractivity contribution is 0.0422. The van der Waals surface area contributed by atoms with Gasteiger partial charge in [-0.2, -0.15) is 0 Å². The van der Waals surface area contributed by atoms with E-state index in [1.165, 1.54) is 0 Å². The van der Waals surface area contributed by atoms with Crippen molar-refractivity contribution in [3.8, 4) is 0 Å². The van der Waals surface area contributed by atoms with Gasteiger partial charge in [0, 0.05) is 19.3 Å². The van der Waals surface area contributed by atoms with Gasteiger partial charge in [0.15, 0.2) is 0 Å². The summed E-state index contributed by atoms with van der Waals surface area (Å²) < 4.78 is 5.34. The Bertz CT molecular complexity index is 687. The highest BCUT2D eigenvalue weighted by atomic mass is 16.6. The van der Waals surface area contributed by atoms with Crippen LogP contribution in [0.5, 0.6) is 0 Å². The minimum absolute atomic E-state index is 0.323. The number of aromatic nitrogens is 1. The lowest BCUT2D eigenvalue weighted by Gasteiger charge is -2.27. The van der Waals surface area contributed by atoms with Crippen LogP contribution in [-0.2, 0) is 17.7 Å². The maximum atomic E-state index is 12.2. The van der Waals surface area contributed by atoms with Gasteiger partial charge in [0.2, 0.25) is 0 Å². The smallest absolute Gasteiger partial charge is 0.407 e. The molecule has 6 nitrogen and oxygen atoms in total. The quantitative estimate of drug-likeness (QED) is 0.664. The van der Waals surface area contributed by atoms with Gasteiger partial charge in [0.25, 0.3) is 0 Å². The number of aliphatic hydroxyl groups excluding tert-OH is 1. The summed E-state index contributed by atoms with van der Waals surface area (Å²) in [6.45, 7) is 6.29. The summed E-state index contributed by atoms with van der Waals surface area (Å²) in [6.07, 6.45) is 0.927. The molecule has 6 heteroatoms. The fraction of sp³-hybridized carbons (Fsp3) is 0.429. The first-order chi connectivity index (χ1) is 12.8. The van der Waals surface area contributed by atoms with Gasteiger partial charge < -0.3 is 20.5 Å². The monoisotopic (exact) mass is 371 g/mol. The van der Waals surface area contributed by atoms with Gasteiger partial charge in [-0.3, -0.25) is 4.98 Å². The van der Waals surface area contributed by atoms with Gasteiger partial charge in [0.05, 0.1) is 17.8 Å². The van der Waals surface area contributed by atoms with E-state index in [0.717, 1.165) is 11.3 Å². The lowest BCUT2D eigenvalue weighted by Crippen LogP contribution is -2.49. The number of carbonyl (C=O) groups is 1. The number of alkyl carbamates (subject to hydrolysis) is 1. The summed E-state index contributed by atoms with van der Waals surface area (Å²) in [7, 11) is 0. The Kier molecular flexibility index (Phi) is 7.76. The average molecular weight is 371 g/mol. The van der Waals surface area contributed by atoms with Gasteiger partial charge in [-0.15, -0.1) is 0 Å². The Morgan fingerprint density at radius 1 is 1.15 bits per heavy atom. The van der Waals surface area contributed by atoms with Gasteiger partial charge in [-0.25, -0.2) is 4.79 Å². The average Bonchev–Trinajstić information content (AvgIpc) is 2.61. The van der Waals surface area contributed by atoms with Gasteiger partial charge in [-0.1, -0.05) is 36.4 Å². The molecule has 1 amide bonds. The number of hydrogen-bond donors (Lipinski definition) is 3. The molecule has 2 aromatic rings. The van der Waals surface area contributed by atoms with Crippen LogP contribution in [0.25, 0.3) is 0 Å². The molecule has 2 rings (SSSR count). The zero-order chi connectivity index (χ0) is 19.7. The van der Waals surface area contributed by atoms with E-state index in [9.17, 15) is 9.90 Å². The minimum atomic E-state index is -0.776. The lowest BCUT2D eigenvalue weighted by atomic mass is 10.0. The topological polar surface area (TPSA) is 83.5 Å². The zero-order valence-corrected chi connectivity index (χ0v) is 16.2. The van der Waals surface area contributed by atoms with Crippen molar-refractivity contribution < 1.29 is 14.6 Å². The Balaban J connectivity index is 1.95. The molecule has 0 fully saturated rings. The maximum Gasteiger partial charge on any atom is 0.407 e. The molecule has 27 heavy (non-hydrogen) atoms. The molecule has 146 valence electrons. The minimum Gasteiger partial charge on any atom is -0.444 e. The third kappa shape index (κ3) is 8.19. The number of ether oxygens (including phenoxy) is 1. The molecule has 0 spiro atoms. The van der Waals surface area contributed by atoms with Crippen LogP contribution in [0.15, 0.2) is 54.7 Å². The number of nitrogens with zero attached hydrogens (tertiary/aromatic N) is 1. The highest BCUT2D eigenvalue weighted by Crippen LogP contribution is 2.10. The van der Waals surface area contributed by atoms with Crippen molar-refractivity contribution in [2.45, 2.75) is 51.5 Å². The standard InChI is InChI=1S/C21H29N3O3/c1-21(2,3)27-20(26)24-18(13-16-9-5-4-6-10-16)19(25)15-22-14-17-11-7-8-12-23-17/h4-12,18-19,22,25H,13-15H2,1-3H3,(H,24,26). The van der Waals surface area contributed by atoms with Crippen LogP contribution < -0.4 is 10.6 Å². The second-order valence-corrected chi connectivity index (χ2v) is 7.46. The van der Waals surface area contributed by atoms with E-state index in [4.69, 9.17) is 4.74 Å². The highest BCUT2D eigenvalue weighted by Gasteiger charge is 2.24. The predicted octanol–water partition coefficient (Wildman–Crippen LogP) is 2.67. The van der Waals surface area contributed by atoms with E-state index in [1.807, 2.05) is 69.3 Å². The highest BCUT2D eigenvalue weighted by molar-refractivity contribution is 5.68. The Morgan fingerprint density at radius 3 is 2.48 bits per heavy atom. The number of hydrogen-bond acceptors (Lipinski definition) is 5. The van der Waals surface area contributed by atoms with Crippen molar-refractivity contribution >= 4 is 6.09 Å². The number of amides is 1. The summed E-state index contributed by atoms with van der Waals surface area (Å²) in [5.41, 5.74) is 1.33. The Morgan fingerprint density at radius 2 is 1.85 bits per heavy atom. The Hall–Kier alpha value is -2.44. The summed E-state index contributed by atoms with van der Waals surface area (Å²) in [6, 6.07) is 15.0. The van der Waals surface area contributed by atoms with Crippen molar-refractivity contribution in [1.29, 1.82) is 0 Å². The van der Waals surface area contributed by atoms with Gasteiger partial charge >= 0.3 is 6.09 Å². The van der Waals surface area contributed by atoms with Crippen LogP contribution in [0.1, 0.15) is 32.0 Å². The molecule has 0 radical (unpaired) electrons. The molecule has 0 aliphatic carbocycles. The zero-order valence-electron chi connectivity index (χ0n) is 16.2. The first-order valence-corrected chi connectivity index (χ1v) is 9.15. The molecule has 0 saturated heterocycles. The molecular weight excluding hydrogens is 342 g/mol. The van der Waals surface area contributed by atoms with Crippen LogP contribution in [0, 0.1) is 0 Å². The second-order valence-electron chi connectivity index (χ2n) is 7.46. The Labute approximate surface area is 161 Å². The summed E-state index contributed by atoms with van der Waals surface area (Å²) in [4.78, 5) is 16.4. The van der Waals surface area contributed by atoms with Gasteiger partial charge in [0.1, 0.15) is 5.60 Å². The van der Waals surface area contributed by atoms with E-state index >= 15 is 0 Å². The van der Waals surface area contributed by atoms with Gasteiger partial charge in [-0.05, 0) is 44.9 Å². The third-order valence-corrected chi connectivity index (χ3v) is 3.85. The number of pyridine rings is 1. The summed E-state index contributed by atoms with van der Waals surface area (Å²) in [5.74, 6) is 0. The van der Waals surface area contributed by atoms with Crippen LogP contribution in [0.4, 0.5) is 4.79 Å². The molecule has 2 unspecified atom stereocenters. The number of carbonyl (C=O) groups excluding carboxylic acids is 1. The van der Waals surface area contributed by atoms with Crippen LogP contribution in [0.2, 0.25) is 0 Å². The third-order valence-electron chi connectivity index (χ3n) is 3.85. The first-order valence-electron chi connectivity index (χ1n) is 9.15. The molecule has 3 N–H and O–H groups in total. The van der Waals surface area contributed by atoms with E-state index in [2.05, 4.69) is 15.6 Å². The molecule has 0 bridgehead atoms. The van der Waals surface area contributed by atoms with Crippen molar-refractivity contribution in [2.75, 3.05) is 6.54 Å². The molecule has 2 atom stereocenters. The molecular formula is C21H29N3O3. The normalized spacial score (nSPS) is 13.6. The molecule has 1 aromatic heterocycles. The van der Waals surface area contributed by atoms with Crippen LogP contribution in [-0.4, -0.2) is 40.5 Å². The fourth-order valence-corrected chi connectivity index (χ4v) is 2.60. The van der Waals surface area contributed by atoms with E-state index in [0.29, 0.717) is 19.5 Å². The molecule has 0 aliphatic heterocycles. The fourth-order valence-electron chi connectivity index (χ4n) is 2.60. The number of benzene rings is 1. The van der Waals surface area contributed by atoms with Crippen molar-refractivity contribution in [2.24, 2.45) is 0 Å². The van der Waals surface area contributed by atoms with Crippen molar-refractivity contribution in [3.05, 3.63) is 66.0 Å². The molecule has 0 aliphatic rings. The predicted molar refractivity (Wildman–Crippen MR) is 105 cm³/mol. The summed E-state index contributed by atoms with van der Waals surface area (Å²) in [5, 5.41) is 16.6. The number of aliphatic hydroxyl groups is 1. The first kappa shape index (κ1) is 20.9. The second kappa shape index (κ2) is 10.0. The number of rotatable bonds is 8. The largest absolute Gasteiger partial charge is 0.444 e. The molecule has 1 heterocycles. The number of nitrogens with one attached hydrogen (secondary N) is 2. The SMILES string of the molecule is CC(C)(C)OC(=O)NC(Cc1ccccc1)C(O)CNCc1ccccn1.